The van der Waals surface area contributed by atoms with Crippen LogP contribution in [0.3, 0.4) is 0 Å². The molecule has 0 spiro atoms. The van der Waals surface area contributed by atoms with Crippen molar-refractivity contribution in [2.24, 2.45) is 0 Å². The van der Waals surface area contributed by atoms with Crippen LogP contribution in [0, 0.1) is 5.82 Å². The van der Waals surface area contributed by atoms with Crippen molar-refractivity contribution < 1.29 is 28.4 Å². The summed E-state index contributed by atoms with van der Waals surface area (Å²) in [6.45, 7) is 3.13. The fourth-order valence-corrected chi connectivity index (χ4v) is 4.30. The van der Waals surface area contributed by atoms with Crippen molar-refractivity contribution in [3.05, 3.63) is 88.7 Å². The first kappa shape index (κ1) is 23.5. The highest BCUT2D eigenvalue weighted by molar-refractivity contribution is 6.46. The fourth-order valence-electron chi connectivity index (χ4n) is 4.06. The largest absolute Gasteiger partial charge is 0.507 e. The molecule has 9 heteroatoms. The molecule has 1 amide bonds. The smallest absolute Gasteiger partial charge is 0.295 e. The molecule has 2 aromatic carbocycles. The Labute approximate surface area is 201 Å². The number of imidazole rings is 1. The molecule has 1 unspecified atom stereocenters. The van der Waals surface area contributed by atoms with Crippen molar-refractivity contribution in [3.8, 4) is 5.75 Å². The van der Waals surface area contributed by atoms with E-state index >= 15 is 0 Å². The number of nitrogens with zero attached hydrogens (tertiary/aromatic N) is 2. The summed E-state index contributed by atoms with van der Waals surface area (Å²) in [4.78, 5) is 30.4. The molecule has 4 rings (SSSR count). The molecule has 3 aromatic rings. The third-order valence-corrected chi connectivity index (χ3v) is 5.94. The summed E-state index contributed by atoms with van der Waals surface area (Å²) < 4.78 is 21.0. The number of hydrogen-bond donors (Lipinski definition) is 2. The van der Waals surface area contributed by atoms with Gasteiger partial charge in [-0.15, -0.1) is 0 Å². The van der Waals surface area contributed by atoms with Gasteiger partial charge in [0.05, 0.1) is 29.8 Å². The van der Waals surface area contributed by atoms with Gasteiger partial charge in [-0.3, -0.25) is 14.6 Å². The first-order chi connectivity index (χ1) is 16.4. The van der Waals surface area contributed by atoms with E-state index in [9.17, 15) is 19.1 Å². The number of hydrogen-bond acceptors (Lipinski definition) is 4. The van der Waals surface area contributed by atoms with E-state index in [1.54, 1.807) is 24.7 Å². The number of ketones is 1. The van der Waals surface area contributed by atoms with Gasteiger partial charge < -0.3 is 14.7 Å². The molecule has 1 atom stereocenters. The van der Waals surface area contributed by atoms with Gasteiger partial charge in [0.1, 0.15) is 29.7 Å². The summed E-state index contributed by atoms with van der Waals surface area (Å²) in [7, 11) is 0. The highest BCUT2D eigenvalue weighted by atomic mass is 35.5. The Morgan fingerprint density at radius 1 is 1.24 bits per heavy atom. The second-order valence-corrected chi connectivity index (χ2v) is 8.23. The zero-order valence-corrected chi connectivity index (χ0v) is 19.3. The molecular weight excluding hydrogens is 461 g/mol. The van der Waals surface area contributed by atoms with E-state index in [1.807, 2.05) is 17.7 Å². The number of aromatic amines is 1. The molecule has 1 aliphatic heterocycles. The molecule has 0 saturated carbocycles. The fraction of sp³-hybridized carbons (Fsp3) is 0.240. The molecule has 2 N–H and O–H groups in total. The number of amides is 1. The summed E-state index contributed by atoms with van der Waals surface area (Å²) in [5, 5.41) is 11.4. The van der Waals surface area contributed by atoms with Crippen molar-refractivity contribution in [1.29, 1.82) is 0 Å². The van der Waals surface area contributed by atoms with Gasteiger partial charge in [-0.25, -0.2) is 8.96 Å². The van der Waals surface area contributed by atoms with Gasteiger partial charge in [0.25, 0.3) is 11.7 Å². The number of carbonyl (C=O) groups excluding carboxylic acids is 2. The zero-order chi connectivity index (χ0) is 24.2. The number of aliphatic hydroxyl groups excluding tert-OH is 1. The minimum absolute atomic E-state index is 0.0638. The predicted molar refractivity (Wildman–Crippen MR) is 124 cm³/mol. The number of aliphatic hydroxyl groups is 1. The number of aromatic nitrogens is 2. The van der Waals surface area contributed by atoms with E-state index in [4.69, 9.17) is 16.3 Å². The molecular formula is C25H24ClFN3O4+. The summed E-state index contributed by atoms with van der Waals surface area (Å²) in [6, 6.07) is 9.34. The Hall–Kier alpha value is -3.65. The van der Waals surface area contributed by atoms with Crippen LogP contribution in [0.25, 0.3) is 5.76 Å². The molecule has 7 nitrogen and oxygen atoms in total. The summed E-state index contributed by atoms with van der Waals surface area (Å²) in [6.07, 6.45) is 6.01. The van der Waals surface area contributed by atoms with E-state index in [1.165, 1.54) is 35.2 Å². The van der Waals surface area contributed by atoms with Crippen LogP contribution in [0.1, 0.15) is 30.5 Å². The third-order valence-electron chi connectivity index (χ3n) is 5.65. The number of halogens is 2. The molecule has 0 radical (unpaired) electrons. The number of Topliss-reactive ketones (excluding diaryl/α,β-unsaturated/α-hetero) is 1. The molecule has 0 bridgehead atoms. The van der Waals surface area contributed by atoms with Gasteiger partial charge in [-0.2, -0.15) is 0 Å². The van der Waals surface area contributed by atoms with Crippen LogP contribution >= 0.6 is 11.6 Å². The second kappa shape index (κ2) is 10.1. The van der Waals surface area contributed by atoms with Gasteiger partial charge >= 0.3 is 0 Å². The average molecular weight is 485 g/mol. The normalized spacial score (nSPS) is 17.4. The van der Waals surface area contributed by atoms with Crippen molar-refractivity contribution >= 4 is 29.1 Å². The lowest BCUT2D eigenvalue weighted by atomic mass is 9.95. The molecule has 2 heterocycles. The Kier molecular flexibility index (Phi) is 6.98. The van der Waals surface area contributed by atoms with E-state index < -0.39 is 23.5 Å². The summed E-state index contributed by atoms with van der Waals surface area (Å²) in [5.74, 6) is -1.86. The SMILES string of the molecule is CCOc1ccc(C(O)=C2C(=O)C(=O)N(CCC[n+]3cc[nH]c3)C2c2ccc(F)cc2)cc1Cl. The number of nitrogens with one attached hydrogen (secondary N) is 1. The van der Waals surface area contributed by atoms with E-state index in [-0.39, 0.29) is 28.5 Å². The monoisotopic (exact) mass is 484 g/mol. The van der Waals surface area contributed by atoms with E-state index in [0.29, 0.717) is 30.9 Å². The summed E-state index contributed by atoms with van der Waals surface area (Å²) in [5.41, 5.74) is 0.737. The predicted octanol–water partition coefficient (Wildman–Crippen LogP) is 4.01. The Bertz CT molecular complexity index is 1230. The van der Waals surface area contributed by atoms with Crippen LogP contribution in [0.4, 0.5) is 4.39 Å². The lowest BCUT2D eigenvalue weighted by molar-refractivity contribution is -0.695. The topological polar surface area (TPSA) is 86.5 Å². The van der Waals surface area contributed by atoms with Crippen LogP contribution in [0.15, 0.2) is 66.8 Å². The van der Waals surface area contributed by atoms with Crippen LogP contribution < -0.4 is 9.30 Å². The van der Waals surface area contributed by atoms with E-state index in [2.05, 4.69) is 4.98 Å². The maximum Gasteiger partial charge on any atom is 0.295 e. The Balaban J connectivity index is 1.73. The number of aryl methyl sites for hydroxylation is 1. The average Bonchev–Trinajstić information content (AvgIpc) is 3.43. The van der Waals surface area contributed by atoms with Crippen LogP contribution in [-0.4, -0.2) is 39.8 Å². The standard InChI is InChI=1S/C25H23ClFN3O4/c1-2-34-20-9-6-17(14-19(20)26)23(31)21-22(16-4-7-18(27)8-5-16)30(25(33)24(21)32)12-3-11-29-13-10-28-15-29/h4-10,13-15,22H,2-3,11-12H2,1H3,(H,31,32)/p+1. The molecule has 1 aromatic heterocycles. The lowest BCUT2D eigenvalue weighted by Crippen LogP contribution is -2.36. The molecule has 1 saturated heterocycles. The van der Waals surface area contributed by atoms with Crippen molar-refractivity contribution in [2.75, 3.05) is 13.2 Å². The molecule has 176 valence electrons. The maximum atomic E-state index is 13.6. The lowest BCUT2D eigenvalue weighted by Gasteiger charge is -2.25. The van der Waals surface area contributed by atoms with Gasteiger partial charge in [0, 0.05) is 18.5 Å². The van der Waals surface area contributed by atoms with Crippen molar-refractivity contribution in [3.63, 3.8) is 0 Å². The van der Waals surface area contributed by atoms with Crippen molar-refractivity contribution in [2.45, 2.75) is 25.9 Å². The molecule has 0 aliphatic carbocycles. The first-order valence-corrected chi connectivity index (χ1v) is 11.3. The van der Waals surface area contributed by atoms with Gasteiger partial charge in [0.2, 0.25) is 6.33 Å². The zero-order valence-electron chi connectivity index (χ0n) is 18.5. The second-order valence-electron chi connectivity index (χ2n) is 7.83. The minimum Gasteiger partial charge on any atom is -0.507 e. The van der Waals surface area contributed by atoms with Crippen LogP contribution in [0.2, 0.25) is 5.02 Å². The molecule has 1 fully saturated rings. The highest BCUT2D eigenvalue weighted by Gasteiger charge is 2.45. The number of ether oxygens (including phenoxy) is 1. The highest BCUT2D eigenvalue weighted by Crippen LogP contribution is 2.40. The van der Waals surface area contributed by atoms with Gasteiger partial charge in [-0.1, -0.05) is 23.7 Å². The molecule has 1 aliphatic rings. The van der Waals surface area contributed by atoms with E-state index in [0.717, 1.165) is 0 Å². The first-order valence-electron chi connectivity index (χ1n) is 10.9. The maximum absolute atomic E-state index is 13.6. The number of benzene rings is 2. The van der Waals surface area contributed by atoms with Gasteiger partial charge in [-0.05, 0) is 42.8 Å². The number of H-pyrrole nitrogens is 1. The Morgan fingerprint density at radius 2 is 2.00 bits per heavy atom. The van der Waals surface area contributed by atoms with Crippen LogP contribution in [-0.2, 0) is 16.1 Å². The minimum atomic E-state index is -0.859. The quantitative estimate of drug-likeness (QED) is 0.219. The van der Waals surface area contributed by atoms with Crippen molar-refractivity contribution in [1.82, 2.24) is 9.88 Å². The number of likely N-dealkylation sites (tertiary alicyclic amines) is 1. The summed E-state index contributed by atoms with van der Waals surface area (Å²) >= 11 is 6.27. The number of rotatable bonds is 8. The number of carbonyl (C=O) groups is 2. The Morgan fingerprint density at radius 3 is 2.65 bits per heavy atom. The van der Waals surface area contributed by atoms with Crippen LogP contribution in [0.5, 0.6) is 5.75 Å². The molecule has 34 heavy (non-hydrogen) atoms. The third kappa shape index (κ3) is 4.68. The van der Waals surface area contributed by atoms with Gasteiger partial charge in [0.15, 0.2) is 0 Å².